The Morgan fingerprint density at radius 2 is 1.69 bits per heavy atom. The molecule has 0 aliphatic carbocycles. The fraction of sp³-hybridized carbons (Fsp3) is 0.200. The molecule has 0 spiro atoms. The van der Waals surface area contributed by atoms with Crippen LogP contribution in [0.1, 0.15) is 18.4 Å². The van der Waals surface area contributed by atoms with Crippen molar-refractivity contribution in [3.05, 3.63) is 35.1 Å². The van der Waals surface area contributed by atoms with E-state index in [4.69, 9.17) is 6.42 Å². The number of halogens is 3. The zero-order valence-electron chi connectivity index (χ0n) is 6.94. The van der Waals surface area contributed by atoms with Crippen molar-refractivity contribution in [1.29, 1.82) is 0 Å². The highest BCUT2D eigenvalue weighted by Gasteiger charge is 2.15. The smallest absolute Gasteiger partial charge is 0.133 e. The molecule has 0 nitrogen and oxygen atoms in total. The van der Waals surface area contributed by atoms with Gasteiger partial charge in [-0.3, -0.25) is 0 Å². The Morgan fingerprint density at radius 1 is 1.23 bits per heavy atom. The van der Waals surface area contributed by atoms with E-state index in [0.29, 0.717) is 12.1 Å². The molecule has 68 valence electrons. The van der Waals surface area contributed by atoms with Crippen LogP contribution < -0.4 is 0 Å². The Kier molecular flexibility index (Phi) is 2.62. The van der Waals surface area contributed by atoms with Crippen molar-refractivity contribution in [3.63, 3.8) is 0 Å². The summed E-state index contributed by atoms with van der Waals surface area (Å²) in [6.45, 7) is 1.47. The summed E-state index contributed by atoms with van der Waals surface area (Å²) in [5, 5.41) is 0. The second kappa shape index (κ2) is 3.53. The molecule has 0 radical (unpaired) electrons. The molecular weight excluding hydrogens is 177 g/mol. The van der Waals surface area contributed by atoms with Gasteiger partial charge < -0.3 is 0 Å². The van der Waals surface area contributed by atoms with E-state index >= 15 is 0 Å². The molecular formula is C10H7F3. The number of hydrogen-bond acceptors (Lipinski definition) is 0. The van der Waals surface area contributed by atoms with E-state index in [1.54, 1.807) is 0 Å². The Morgan fingerprint density at radius 3 is 2.08 bits per heavy atom. The van der Waals surface area contributed by atoms with Crippen molar-refractivity contribution in [1.82, 2.24) is 0 Å². The third-order valence-electron chi connectivity index (χ3n) is 1.73. The molecule has 1 aromatic carbocycles. The lowest BCUT2D eigenvalue weighted by molar-refractivity contribution is 0.521. The minimum Gasteiger partial charge on any atom is -0.207 e. The van der Waals surface area contributed by atoms with Gasteiger partial charge in [-0.15, -0.1) is 6.42 Å². The van der Waals surface area contributed by atoms with Crippen molar-refractivity contribution >= 4 is 0 Å². The molecule has 0 aliphatic heterocycles. The van der Waals surface area contributed by atoms with Crippen molar-refractivity contribution in [3.8, 4) is 12.3 Å². The van der Waals surface area contributed by atoms with Gasteiger partial charge >= 0.3 is 0 Å². The van der Waals surface area contributed by atoms with Gasteiger partial charge in [0, 0.05) is 23.6 Å². The van der Waals surface area contributed by atoms with E-state index < -0.39 is 23.4 Å². The minimum absolute atomic E-state index is 0.260. The first-order valence-corrected chi connectivity index (χ1v) is 3.67. The molecule has 0 saturated carbocycles. The average Bonchev–Trinajstić information content (AvgIpc) is 2.02. The van der Waals surface area contributed by atoms with Crippen LogP contribution in [0.5, 0.6) is 0 Å². The van der Waals surface area contributed by atoms with Crippen molar-refractivity contribution in [2.24, 2.45) is 0 Å². The maximum absolute atomic E-state index is 13.0. The van der Waals surface area contributed by atoms with Gasteiger partial charge in [0.2, 0.25) is 0 Å². The molecule has 1 rings (SSSR count). The molecule has 0 fully saturated rings. The maximum atomic E-state index is 13.0. The van der Waals surface area contributed by atoms with Crippen LogP contribution in [0.2, 0.25) is 0 Å². The SMILES string of the molecule is C#CC(C)c1c(F)cc(F)cc1F. The molecule has 0 aromatic heterocycles. The van der Waals surface area contributed by atoms with Crippen LogP contribution in [0.25, 0.3) is 0 Å². The highest BCUT2D eigenvalue weighted by molar-refractivity contribution is 5.29. The van der Waals surface area contributed by atoms with Gasteiger partial charge in [-0.2, -0.15) is 0 Å². The van der Waals surface area contributed by atoms with Crippen LogP contribution in [0.15, 0.2) is 12.1 Å². The molecule has 3 heteroatoms. The predicted octanol–water partition coefficient (Wildman–Crippen LogP) is 2.84. The number of rotatable bonds is 1. The summed E-state index contributed by atoms with van der Waals surface area (Å²) in [4.78, 5) is 0. The van der Waals surface area contributed by atoms with E-state index in [1.807, 2.05) is 0 Å². The van der Waals surface area contributed by atoms with Gasteiger partial charge in [0.05, 0.1) is 0 Å². The topological polar surface area (TPSA) is 0 Å². The summed E-state index contributed by atoms with van der Waals surface area (Å²) in [7, 11) is 0. The van der Waals surface area contributed by atoms with Crippen LogP contribution in [0, 0.1) is 29.8 Å². The van der Waals surface area contributed by atoms with Gasteiger partial charge in [-0.05, 0) is 6.92 Å². The van der Waals surface area contributed by atoms with Crippen LogP contribution >= 0.6 is 0 Å². The van der Waals surface area contributed by atoms with Crippen LogP contribution in [0.3, 0.4) is 0 Å². The Hall–Kier alpha value is -1.43. The number of terminal acetylenes is 1. The fourth-order valence-corrected chi connectivity index (χ4v) is 1.05. The van der Waals surface area contributed by atoms with Gasteiger partial charge in [0.25, 0.3) is 0 Å². The van der Waals surface area contributed by atoms with E-state index in [2.05, 4.69) is 5.92 Å². The standard InChI is InChI=1S/C10H7F3/c1-3-6(2)10-8(12)4-7(11)5-9(10)13/h1,4-6H,2H3. The summed E-state index contributed by atoms with van der Waals surface area (Å²) in [5.74, 6) is -1.34. The highest BCUT2D eigenvalue weighted by atomic mass is 19.1. The molecule has 13 heavy (non-hydrogen) atoms. The second-order valence-electron chi connectivity index (χ2n) is 2.67. The summed E-state index contributed by atoms with van der Waals surface area (Å²) in [6, 6.07) is 1.23. The summed E-state index contributed by atoms with van der Waals surface area (Å²) >= 11 is 0. The lowest BCUT2D eigenvalue weighted by Gasteiger charge is -2.07. The molecule has 1 aromatic rings. The van der Waals surface area contributed by atoms with E-state index in [-0.39, 0.29) is 5.56 Å². The van der Waals surface area contributed by atoms with Crippen LogP contribution in [-0.2, 0) is 0 Å². The average molecular weight is 184 g/mol. The molecule has 0 heterocycles. The first-order valence-electron chi connectivity index (χ1n) is 3.67. The number of hydrogen-bond donors (Lipinski definition) is 0. The zero-order chi connectivity index (χ0) is 10.0. The van der Waals surface area contributed by atoms with Gasteiger partial charge in [0.1, 0.15) is 17.5 Å². The lowest BCUT2D eigenvalue weighted by Crippen LogP contribution is -2.00. The summed E-state index contributed by atoms with van der Waals surface area (Å²) in [5.41, 5.74) is -0.260. The van der Waals surface area contributed by atoms with Crippen molar-refractivity contribution in [2.75, 3.05) is 0 Å². The fourth-order valence-electron chi connectivity index (χ4n) is 1.05. The minimum atomic E-state index is -0.942. The first kappa shape index (κ1) is 9.66. The third-order valence-corrected chi connectivity index (χ3v) is 1.73. The van der Waals surface area contributed by atoms with Crippen molar-refractivity contribution in [2.45, 2.75) is 12.8 Å². The summed E-state index contributed by atoms with van der Waals surface area (Å²) < 4.78 is 38.4. The predicted molar refractivity (Wildman–Crippen MR) is 43.6 cm³/mol. The Bertz CT molecular complexity index is 340. The Balaban J connectivity index is 3.30. The van der Waals surface area contributed by atoms with Crippen LogP contribution in [-0.4, -0.2) is 0 Å². The van der Waals surface area contributed by atoms with Gasteiger partial charge in [0.15, 0.2) is 0 Å². The van der Waals surface area contributed by atoms with E-state index in [0.717, 1.165) is 0 Å². The molecule has 1 unspecified atom stereocenters. The second-order valence-corrected chi connectivity index (χ2v) is 2.67. The molecule has 0 amide bonds. The van der Waals surface area contributed by atoms with Gasteiger partial charge in [-0.25, -0.2) is 13.2 Å². The summed E-state index contributed by atoms with van der Waals surface area (Å²) in [6.07, 6.45) is 5.00. The monoisotopic (exact) mass is 184 g/mol. The highest BCUT2D eigenvalue weighted by Crippen LogP contribution is 2.22. The third kappa shape index (κ3) is 1.83. The normalized spacial score (nSPS) is 12.2. The molecule has 0 bridgehead atoms. The first-order chi connectivity index (χ1) is 6.06. The van der Waals surface area contributed by atoms with E-state index in [1.165, 1.54) is 6.92 Å². The molecule has 0 aliphatic rings. The largest absolute Gasteiger partial charge is 0.207 e. The number of benzene rings is 1. The van der Waals surface area contributed by atoms with Crippen LogP contribution in [0.4, 0.5) is 13.2 Å². The van der Waals surface area contributed by atoms with Gasteiger partial charge in [-0.1, -0.05) is 5.92 Å². The lowest BCUT2D eigenvalue weighted by atomic mass is 10.0. The Labute approximate surface area is 74.4 Å². The zero-order valence-corrected chi connectivity index (χ0v) is 6.94. The maximum Gasteiger partial charge on any atom is 0.133 e. The molecule has 0 saturated heterocycles. The van der Waals surface area contributed by atoms with Crippen molar-refractivity contribution < 1.29 is 13.2 Å². The van der Waals surface area contributed by atoms with E-state index in [9.17, 15) is 13.2 Å². The quantitative estimate of drug-likeness (QED) is 0.589. The molecule has 1 atom stereocenters. The molecule has 0 N–H and O–H groups in total.